The number of hydrogen-bond acceptors (Lipinski definition) is 3. The van der Waals surface area contributed by atoms with Crippen molar-refractivity contribution in [3.63, 3.8) is 0 Å². The first kappa shape index (κ1) is 22.3. The van der Waals surface area contributed by atoms with E-state index >= 15 is 0 Å². The lowest BCUT2D eigenvalue weighted by molar-refractivity contribution is -0.136. The van der Waals surface area contributed by atoms with Gasteiger partial charge < -0.3 is 15.0 Å². The summed E-state index contributed by atoms with van der Waals surface area (Å²) in [4.78, 5) is 26.8. The first-order valence-electron chi connectivity index (χ1n) is 9.39. The van der Waals surface area contributed by atoms with Gasteiger partial charge in [-0.15, -0.1) is 0 Å². The van der Waals surface area contributed by atoms with E-state index in [1.54, 1.807) is 43.4 Å². The quantitative estimate of drug-likeness (QED) is 0.683. The first-order valence-corrected chi connectivity index (χ1v) is 9.39. The number of hydrogen-bond donors (Lipinski definition) is 1. The zero-order valence-electron chi connectivity index (χ0n) is 16.8. The molecule has 29 heavy (non-hydrogen) atoms. The molecule has 0 aromatic heterocycles. The van der Waals surface area contributed by atoms with Crippen molar-refractivity contribution < 1.29 is 23.1 Å². The predicted molar refractivity (Wildman–Crippen MR) is 106 cm³/mol. The topological polar surface area (TPSA) is 58.6 Å². The second-order valence-corrected chi connectivity index (χ2v) is 7.23. The lowest BCUT2D eigenvalue weighted by Gasteiger charge is -2.25. The minimum Gasteiger partial charge on any atom is -0.435 e. The summed E-state index contributed by atoms with van der Waals surface area (Å²) in [7, 11) is 1.60. The Morgan fingerprint density at radius 3 is 2.38 bits per heavy atom. The lowest BCUT2D eigenvalue weighted by atomic mass is 10.0. The number of nitrogens with zero attached hydrogens (tertiary/aromatic N) is 1. The van der Waals surface area contributed by atoms with E-state index in [9.17, 15) is 18.4 Å². The smallest absolute Gasteiger partial charge is 0.387 e. The molecule has 0 saturated carbocycles. The van der Waals surface area contributed by atoms with Crippen molar-refractivity contribution in [2.45, 2.75) is 39.5 Å². The number of ether oxygens (including phenoxy) is 1. The summed E-state index contributed by atoms with van der Waals surface area (Å²) in [5, 5.41) is 2.81. The van der Waals surface area contributed by atoms with Crippen molar-refractivity contribution in [1.82, 2.24) is 10.2 Å². The van der Waals surface area contributed by atoms with Gasteiger partial charge in [-0.3, -0.25) is 9.59 Å². The summed E-state index contributed by atoms with van der Waals surface area (Å²) in [6.07, 6.45) is 0.313. The van der Waals surface area contributed by atoms with Crippen molar-refractivity contribution in [1.29, 1.82) is 0 Å². The Balaban J connectivity index is 2.16. The van der Waals surface area contributed by atoms with E-state index in [2.05, 4.69) is 10.1 Å². The molecule has 0 fully saturated rings. The number of halogens is 2. The van der Waals surface area contributed by atoms with Crippen molar-refractivity contribution in [3.8, 4) is 5.75 Å². The summed E-state index contributed by atoms with van der Waals surface area (Å²) >= 11 is 0. The average molecular weight is 404 g/mol. The van der Waals surface area contributed by atoms with Crippen LogP contribution in [0.15, 0.2) is 54.6 Å². The van der Waals surface area contributed by atoms with Crippen molar-refractivity contribution in [2.24, 2.45) is 5.92 Å². The van der Waals surface area contributed by atoms with Gasteiger partial charge in [-0.2, -0.15) is 8.78 Å². The number of nitrogens with one attached hydrogen (secondary N) is 1. The second kappa shape index (κ2) is 10.5. The molecule has 2 aromatic carbocycles. The summed E-state index contributed by atoms with van der Waals surface area (Å²) in [6.45, 7) is 1.13. The Morgan fingerprint density at radius 2 is 1.76 bits per heavy atom. The number of benzene rings is 2. The van der Waals surface area contributed by atoms with Crippen LogP contribution in [0.5, 0.6) is 5.75 Å². The van der Waals surface area contributed by atoms with Crippen LogP contribution in [-0.4, -0.2) is 30.4 Å². The van der Waals surface area contributed by atoms with Crippen LogP contribution in [0.3, 0.4) is 0 Å². The molecule has 0 heterocycles. The van der Waals surface area contributed by atoms with Gasteiger partial charge in [-0.25, -0.2) is 0 Å². The maximum absolute atomic E-state index is 13.1. The van der Waals surface area contributed by atoms with Gasteiger partial charge in [0.2, 0.25) is 11.8 Å². The second-order valence-electron chi connectivity index (χ2n) is 7.23. The number of carbonyl (C=O) groups excluding carboxylic acids is 2. The van der Waals surface area contributed by atoms with Crippen LogP contribution >= 0.6 is 0 Å². The molecule has 7 heteroatoms. The van der Waals surface area contributed by atoms with Gasteiger partial charge in [0.05, 0.1) is 0 Å². The van der Waals surface area contributed by atoms with Gasteiger partial charge in [-0.05, 0) is 29.2 Å². The molecule has 1 N–H and O–H groups in total. The highest BCUT2D eigenvalue weighted by atomic mass is 19.3. The highest BCUT2D eigenvalue weighted by molar-refractivity contribution is 5.88. The summed E-state index contributed by atoms with van der Waals surface area (Å²) in [5.74, 6) is -0.309. The van der Waals surface area contributed by atoms with E-state index in [1.165, 1.54) is 17.0 Å². The zero-order valence-corrected chi connectivity index (χ0v) is 16.8. The lowest BCUT2D eigenvalue weighted by Crippen LogP contribution is -2.41. The Kier molecular flexibility index (Phi) is 8.12. The molecule has 0 spiro atoms. The Labute approximate surface area is 169 Å². The van der Waals surface area contributed by atoms with Gasteiger partial charge >= 0.3 is 6.61 Å². The van der Waals surface area contributed by atoms with Crippen LogP contribution in [-0.2, 0) is 16.1 Å². The highest BCUT2D eigenvalue weighted by Crippen LogP contribution is 2.20. The zero-order chi connectivity index (χ0) is 21.4. The van der Waals surface area contributed by atoms with E-state index in [0.29, 0.717) is 17.5 Å². The SMILES string of the molecule is CC(C)CC(=O)NC(C(=O)N(C)Cc1cccc(OC(F)F)c1)c1ccccc1. The van der Waals surface area contributed by atoms with E-state index in [4.69, 9.17) is 0 Å². The third-order valence-electron chi connectivity index (χ3n) is 4.20. The molecule has 1 atom stereocenters. The molecular formula is C22H26F2N2O3. The summed E-state index contributed by atoms with van der Waals surface area (Å²) in [5.41, 5.74) is 1.32. The fraction of sp³-hybridized carbons (Fsp3) is 0.364. The van der Waals surface area contributed by atoms with Crippen molar-refractivity contribution >= 4 is 11.8 Å². The fourth-order valence-electron chi connectivity index (χ4n) is 2.92. The van der Waals surface area contributed by atoms with Gasteiger partial charge in [-0.1, -0.05) is 56.3 Å². The van der Waals surface area contributed by atoms with Gasteiger partial charge in [0, 0.05) is 20.0 Å². The van der Waals surface area contributed by atoms with Crippen LogP contribution in [0, 0.1) is 5.92 Å². The number of carbonyl (C=O) groups is 2. The van der Waals surface area contributed by atoms with Crippen LogP contribution in [0.4, 0.5) is 8.78 Å². The molecule has 1 unspecified atom stereocenters. The third kappa shape index (κ3) is 7.18. The van der Waals surface area contributed by atoms with Crippen LogP contribution in [0.1, 0.15) is 37.4 Å². The molecule has 0 bridgehead atoms. The maximum atomic E-state index is 13.1. The van der Waals surface area contributed by atoms with Crippen LogP contribution < -0.4 is 10.1 Å². The van der Waals surface area contributed by atoms with Crippen molar-refractivity contribution in [2.75, 3.05) is 7.05 Å². The number of alkyl halides is 2. The minimum atomic E-state index is -2.91. The molecule has 2 aromatic rings. The van der Waals surface area contributed by atoms with Crippen LogP contribution in [0.2, 0.25) is 0 Å². The van der Waals surface area contributed by atoms with Gasteiger partial charge in [0.15, 0.2) is 0 Å². The molecule has 0 saturated heterocycles. The number of amides is 2. The molecule has 156 valence electrons. The molecule has 2 amide bonds. The van der Waals surface area contributed by atoms with Crippen molar-refractivity contribution in [3.05, 3.63) is 65.7 Å². The Morgan fingerprint density at radius 1 is 1.07 bits per heavy atom. The first-order chi connectivity index (χ1) is 13.8. The predicted octanol–water partition coefficient (Wildman–Crippen LogP) is 4.15. The summed E-state index contributed by atoms with van der Waals surface area (Å²) < 4.78 is 29.3. The average Bonchev–Trinajstić information content (AvgIpc) is 2.65. The maximum Gasteiger partial charge on any atom is 0.387 e. The molecule has 5 nitrogen and oxygen atoms in total. The van der Waals surface area contributed by atoms with E-state index < -0.39 is 12.7 Å². The highest BCUT2D eigenvalue weighted by Gasteiger charge is 2.26. The monoisotopic (exact) mass is 404 g/mol. The van der Waals surface area contributed by atoms with Gasteiger partial charge in [0.1, 0.15) is 11.8 Å². The molecule has 0 aliphatic rings. The van der Waals surface area contributed by atoms with E-state index in [-0.39, 0.29) is 30.0 Å². The molecule has 0 aliphatic carbocycles. The molecular weight excluding hydrogens is 378 g/mol. The number of rotatable bonds is 9. The Bertz CT molecular complexity index is 813. The largest absolute Gasteiger partial charge is 0.435 e. The number of likely N-dealkylation sites (N-methyl/N-ethyl adjacent to an activating group) is 1. The Hall–Kier alpha value is -2.96. The normalized spacial score (nSPS) is 12.0. The van der Waals surface area contributed by atoms with E-state index in [1.807, 2.05) is 19.9 Å². The third-order valence-corrected chi connectivity index (χ3v) is 4.20. The fourth-order valence-corrected chi connectivity index (χ4v) is 2.92. The van der Waals surface area contributed by atoms with Gasteiger partial charge in [0.25, 0.3) is 0 Å². The molecule has 0 aliphatic heterocycles. The summed E-state index contributed by atoms with van der Waals surface area (Å²) in [6, 6.07) is 14.4. The standard InChI is InChI=1S/C22H26F2N2O3/c1-15(2)12-19(27)25-20(17-9-5-4-6-10-17)21(28)26(3)14-16-8-7-11-18(13-16)29-22(23)24/h4-11,13,15,20,22H,12,14H2,1-3H3,(H,25,27). The van der Waals surface area contributed by atoms with Crippen LogP contribution in [0.25, 0.3) is 0 Å². The molecule has 0 radical (unpaired) electrons. The molecule has 2 rings (SSSR count). The van der Waals surface area contributed by atoms with E-state index in [0.717, 1.165) is 0 Å². The minimum absolute atomic E-state index is 0.0307.